The number of amidine groups is 1. The Bertz CT molecular complexity index is 1380. The minimum atomic E-state index is -4.11. The number of amides is 4. The average molecular weight is 569 g/mol. The van der Waals surface area contributed by atoms with E-state index in [1.54, 1.807) is 0 Å². The van der Waals surface area contributed by atoms with E-state index in [2.05, 4.69) is 10.6 Å². The molecule has 2 aromatic rings. The lowest BCUT2D eigenvalue weighted by Crippen LogP contribution is -2.41. The van der Waals surface area contributed by atoms with Gasteiger partial charge in [0.2, 0.25) is 10.0 Å². The summed E-state index contributed by atoms with van der Waals surface area (Å²) >= 11 is 6.06. The summed E-state index contributed by atoms with van der Waals surface area (Å²) in [4.78, 5) is 47.1. The Hall–Kier alpha value is -4.37. The van der Waals surface area contributed by atoms with Gasteiger partial charge in [-0.15, -0.1) is 0 Å². The highest BCUT2D eigenvalue weighted by molar-refractivity contribution is 7.93. The lowest BCUT2D eigenvalue weighted by Gasteiger charge is -2.20. The summed E-state index contributed by atoms with van der Waals surface area (Å²) in [5.74, 6) is -3.29. The molecule has 0 fully saturated rings. The quantitative estimate of drug-likeness (QED) is 0.153. The zero-order valence-electron chi connectivity index (χ0n) is 20.0. The molecule has 0 heterocycles. The molecule has 4 amide bonds. The minimum absolute atomic E-state index is 0.0348. The Balaban J connectivity index is 2.27. The van der Waals surface area contributed by atoms with Crippen molar-refractivity contribution in [3.8, 4) is 5.75 Å². The number of nitrogens with zero attached hydrogens (tertiary/aromatic N) is 1. The van der Waals surface area contributed by atoms with Gasteiger partial charge in [0.25, 0.3) is 11.8 Å². The molecule has 16 heteroatoms. The first-order valence-electron chi connectivity index (χ1n) is 10.7. The van der Waals surface area contributed by atoms with Crippen LogP contribution in [-0.2, 0) is 26.2 Å². The smallest absolute Gasteiger partial charge is 0.333 e. The number of aliphatic carboxylic acids is 1. The molecule has 8 N–H and O–H groups in total. The first-order valence-corrected chi connectivity index (χ1v) is 12.7. The molecule has 0 unspecified atom stereocenters. The number of anilines is 1. The van der Waals surface area contributed by atoms with Gasteiger partial charge in [0.1, 0.15) is 18.1 Å². The molecule has 0 saturated carbocycles. The maximum Gasteiger partial charge on any atom is 0.333 e. The number of nitrogens with two attached hydrogens (primary N) is 2. The normalized spacial score (nSPS) is 10.8. The zero-order valence-corrected chi connectivity index (χ0v) is 21.6. The number of nitrogen functional groups attached to an aromatic ring is 1. The molecule has 204 valence electrons. The molecule has 38 heavy (non-hydrogen) atoms. The monoisotopic (exact) mass is 568 g/mol. The Morgan fingerprint density at radius 2 is 1.76 bits per heavy atom. The SMILES string of the molecule is CCS(=O)(=O)N(C(N)=O)c1cc(Cl)cc(C(=O)NCc2ccc(C(=N)N)cc2OCC(=O)NCC(=O)O)c1. The third kappa shape index (κ3) is 8.07. The van der Waals surface area contributed by atoms with Crippen molar-refractivity contribution in [2.24, 2.45) is 11.5 Å². The van der Waals surface area contributed by atoms with Crippen molar-refractivity contribution in [2.45, 2.75) is 13.5 Å². The van der Waals surface area contributed by atoms with Crippen LogP contribution in [-0.4, -0.2) is 62.1 Å². The first-order chi connectivity index (χ1) is 17.7. The van der Waals surface area contributed by atoms with Gasteiger partial charge in [-0.25, -0.2) is 13.2 Å². The number of carboxylic acid groups (broad SMARTS) is 1. The predicted octanol–water partition coefficient (Wildman–Crippen LogP) is 0.368. The van der Waals surface area contributed by atoms with Crippen molar-refractivity contribution >= 4 is 57.0 Å². The predicted molar refractivity (Wildman–Crippen MR) is 138 cm³/mol. The maximum absolute atomic E-state index is 12.9. The van der Waals surface area contributed by atoms with Crippen molar-refractivity contribution < 1.29 is 37.4 Å². The van der Waals surface area contributed by atoms with Crippen molar-refractivity contribution in [1.82, 2.24) is 10.6 Å². The van der Waals surface area contributed by atoms with E-state index >= 15 is 0 Å². The van der Waals surface area contributed by atoms with Crippen LogP contribution in [0.2, 0.25) is 5.02 Å². The summed E-state index contributed by atoms with van der Waals surface area (Å²) < 4.78 is 30.5. The second-order valence-corrected chi connectivity index (χ2v) is 10.1. The fourth-order valence-electron chi connectivity index (χ4n) is 3.03. The van der Waals surface area contributed by atoms with E-state index in [1.165, 1.54) is 31.2 Å². The van der Waals surface area contributed by atoms with Gasteiger partial charge in [-0.1, -0.05) is 23.7 Å². The van der Waals surface area contributed by atoms with Crippen LogP contribution in [0.1, 0.15) is 28.4 Å². The van der Waals surface area contributed by atoms with Crippen molar-refractivity contribution in [2.75, 3.05) is 23.2 Å². The number of ether oxygens (including phenoxy) is 1. The third-order valence-corrected chi connectivity index (χ3v) is 6.73. The minimum Gasteiger partial charge on any atom is -0.483 e. The van der Waals surface area contributed by atoms with Crippen LogP contribution in [0.15, 0.2) is 36.4 Å². The molecule has 0 aliphatic rings. The molecule has 0 aliphatic heterocycles. The Kier molecular flexibility index (Phi) is 10.0. The molecule has 0 atom stereocenters. The highest BCUT2D eigenvalue weighted by atomic mass is 35.5. The first kappa shape index (κ1) is 29.9. The lowest BCUT2D eigenvalue weighted by atomic mass is 10.1. The van der Waals surface area contributed by atoms with E-state index in [0.717, 1.165) is 12.1 Å². The molecule has 0 bridgehead atoms. The molecular weight excluding hydrogens is 544 g/mol. The van der Waals surface area contributed by atoms with Crippen molar-refractivity contribution in [3.05, 3.63) is 58.1 Å². The number of rotatable bonds is 12. The summed E-state index contributed by atoms with van der Waals surface area (Å²) in [5, 5.41) is 20.9. The summed E-state index contributed by atoms with van der Waals surface area (Å²) in [6, 6.07) is 6.61. The summed E-state index contributed by atoms with van der Waals surface area (Å²) in [5.41, 5.74) is 11.1. The Labute approximate surface area is 222 Å². The van der Waals surface area contributed by atoms with Gasteiger partial charge < -0.3 is 31.9 Å². The fourth-order valence-corrected chi connectivity index (χ4v) is 4.21. The topological polar surface area (TPSA) is 235 Å². The van der Waals surface area contributed by atoms with Gasteiger partial charge in [0.15, 0.2) is 6.61 Å². The number of primary amides is 1. The van der Waals surface area contributed by atoms with E-state index in [9.17, 15) is 27.6 Å². The van der Waals surface area contributed by atoms with Crippen LogP contribution in [0.3, 0.4) is 0 Å². The molecule has 0 aliphatic carbocycles. The van der Waals surface area contributed by atoms with E-state index < -0.39 is 52.7 Å². The highest BCUT2D eigenvalue weighted by Crippen LogP contribution is 2.26. The highest BCUT2D eigenvalue weighted by Gasteiger charge is 2.27. The third-order valence-electron chi connectivity index (χ3n) is 4.84. The summed E-state index contributed by atoms with van der Waals surface area (Å²) in [6.45, 7) is 0.00303. The number of hydrogen-bond acceptors (Lipinski definition) is 8. The number of halogens is 1. The van der Waals surface area contributed by atoms with Gasteiger partial charge >= 0.3 is 12.0 Å². The molecule has 2 aromatic carbocycles. The molecule has 14 nitrogen and oxygen atoms in total. The van der Waals surface area contributed by atoms with Crippen LogP contribution in [0.5, 0.6) is 5.75 Å². The number of sulfonamides is 1. The van der Waals surface area contributed by atoms with Gasteiger partial charge in [0, 0.05) is 28.3 Å². The number of urea groups is 1. The van der Waals surface area contributed by atoms with Crippen molar-refractivity contribution in [1.29, 1.82) is 5.41 Å². The van der Waals surface area contributed by atoms with Crippen molar-refractivity contribution in [3.63, 3.8) is 0 Å². The van der Waals surface area contributed by atoms with Crippen LogP contribution < -0.4 is 31.1 Å². The standard InChI is InChI=1S/C22H25ClN6O8S/c1-2-38(35,36)29(22(26)34)16-6-14(5-15(23)8-16)21(33)28-9-13-4-3-12(20(24)25)7-17(13)37-11-18(30)27-10-19(31)32/h3-8H,2,9-11H2,1H3,(H3,24,25)(H2,26,34)(H,27,30)(H,28,33)(H,31,32). The van der Waals surface area contributed by atoms with Gasteiger partial charge in [-0.2, -0.15) is 4.31 Å². The molecule has 0 radical (unpaired) electrons. The van der Waals surface area contributed by atoms with Gasteiger partial charge in [0.05, 0.1) is 11.4 Å². The molecule has 2 rings (SSSR count). The van der Waals surface area contributed by atoms with Crippen LogP contribution in [0.25, 0.3) is 0 Å². The number of benzene rings is 2. The maximum atomic E-state index is 12.9. The van der Waals surface area contributed by atoms with Gasteiger partial charge in [-0.05, 0) is 31.2 Å². The van der Waals surface area contributed by atoms with Crippen LogP contribution in [0, 0.1) is 5.41 Å². The number of carboxylic acids is 1. The molecule has 0 spiro atoms. The second-order valence-electron chi connectivity index (χ2n) is 7.58. The lowest BCUT2D eigenvalue weighted by molar-refractivity contribution is -0.138. The number of carbonyl (C=O) groups is 4. The summed E-state index contributed by atoms with van der Waals surface area (Å²) in [6.07, 6.45) is 0. The Morgan fingerprint density at radius 1 is 1.08 bits per heavy atom. The van der Waals surface area contributed by atoms with E-state index in [1.807, 2.05) is 0 Å². The van der Waals surface area contributed by atoms with E-state index in [4.69, 9.17) is 38.3 Å². The molecular formula is C22H25ClN6O8S. The van der Waals surface area contributed by atoms with E-state index in [-0.39, 0.29) is 40.0 Å². The number of hydrogen-bond donors (Lipinski definition) is 6. The summed E-state index contributed by atoms with van der Waals surface area (Å²) in [7, 11) is -4.11. The average Bonchev–Trinajstić information content (AvgIpc) is 2.84. The van der Waals surface area contributed by atoms with Crippen LogP contribution >= 0.6 is 11.6 Å². The molecule has 0 aromatic heterocycles. The van der Waals surface area contributed by atoms with Crippen LogP contribution in [0.4, 0.5) is 10.5 Å². The zero-order chi connectivity index (χ0) is 28.6. The Morgan fingerprint density at radius 3 is 2.34 bits per heavy atom. The fraction of sp³-hybridized carbons (Fsp3) is 0.227. The van der Waals surface area contributed by atoms with Gasteiger partial charge in [-0.3, -0.25) is 19.8 Å². The molecule has 0 saturated heterocycles. The number of nitrogens with one attached hydrogen (secondary N) is 3. The van der Waals surface area contributed by atoms with E-state index in [0.29, 0.717) is 9.87 Å². The second kappa shape index (κ2) is 12.7. The largest absolute Gasteiger partial charge is 0.483 e. The number of carbonyl (C=O) groups excluding carboxylic acids is 3.